The topological polar surface area (TPSA) is 29.1 Å². The summed E-state index contributed by atoms with van der Waals surface area (Å²) in [6.45, 7) is 1.25. The van der Waals surface area contributed by atoms with E-state index in [1.807, 2.05) is 18.2 Å². The van der Waals surface area contributed by atoms with Crippen LogP contribution in [0.5, 0.6) is 0 Å². The third kappa shape index (κ3) is 3.10. The smallest absolute Gasteiger partial charge is 0.150 e. The molecule has 1 rings (SSSR count). The Morgan fingerprint density at radius 1 is 1.54 bits per heavy atom. The van der Waals surface area contributed by atoms with Crippen LogP contribution >= 0.6 is 0 Å². The Hall–Kier alpha value is -1.59. The first-order valence-corrected chi connectivity index (χ1v) is 4.05. The van der Waals surface area contributed by atoms with Crippen LogP contribution in [-0.4, -0.2) is 12.8 Å². The second-order valence-electron chi connectivity index (χ2n) is 2.67. The van der Waals surface area contributed by atoms with Gasteiger partial charge in [0, 0.05) is 12.1 Å². The molecule has 2 heteroatoms. The molecule has 0 aliphatic heterocycles. The molecule has 0 radical (unpaired) electrons. The Balaban J connectivity index is 2.57. The molecule has 0 saturated carbocycles. The van der Waals surface area contributed by atoms with Crippen molar-refractivity contribution in [2.24, 2.45) is 0 Å². The highest BCUT2D eigenvalue weighted by Gasteiger charge is 1.93. The average molecular weight is 173 g/mol. The van der Waals surface area contributed by atoms with Crippen LogP contribution < -0.4 is 5.32 Å². The van der Waals surface area contributed by atoms with Gasteiger partial charge in [-0.15, -0.1) is 6.42 Å². The molecule has 1 aromatic carbocycles. The molecule has 0 aromatic heterocycles. The number of aldehydes is 1. The summed E-state index contributed by atoms with van der Waals surface area (Å²) in [4.78, 5) is 10.4. The Morgan fingerprint density at radius 2 is 2.38 bits per heavy atom. The van der Waals surface area contributed by atoms with Crippen LogP contribution in [0, 0.1) is 12.3 Å². The van der Waals surface area contributed by atoms with Gasteiger partial charge in [-0.2, -0.15) is 0 Å². The van der Waals surface area contributed by atoms with Gasteiger partial charge >= 0.3 is 0 Å². The van der Waals surface area contributed by atoms with Gasteiger partial charge in [-0.25, -0.2) is 0 Å². The van der Waals surface area contributed by atoms with E-state index in [1.54, 1.807) is 6.07 Å². The van der Waals surface area contributed by atoms with E-state index < -0.39 is 0 Å². The zero-order valence-corrected chi connectivity index (χ0v) is 7.29. The summed E-state index contributed by atoms with van der Waals surface area (Å²) < 4.78 is 0. The van der Waals surface area contributed by atoms with Gasteiger partial charge in [0.05, 0.1) is 6.54 Å². The molecule has 0 unspecified atom stereocenters. The maximum atomic E-state index is 10.4. The molecule has 66 valence electrons. The van der Waals surface area contributed by atoms with Crippen LogP contribution in [0.4, 0.5) is 0 Å². The third-order valence-electron chi connectivity index (χ3n) is 1.64. The quantitative estimate of drug-likeness (QED) is 0.421. The van der Waals surface area contributed by atoms with Crippen LogP contribution in [0.2, 0.25) is 0 Å². The number of carbonyl (C=O) groups is 1. The first kappa shape index (κ1) is 9.50. The highest BCUT2D eigenvalue weighted by Crippen LogP contribution is 2.02. The number of rotatable bonds is 4. The van der Waals surface area contributed by atoms with Crippen LogP contribution in [-0.2, 0) is 6.54 Å². The molecule has 0 aliphatic rings. The molecule has 0 aliphatic carbocycles. The highest BCUT2D eigenvalue weighted by atomic mass is 16.1. The van der Waals surface area contributed by atoms with Crippen molar-refractivity contribution in [1.29, 1.82) is 0 Å². The van der Waals surface area contributed by atoms with E-state index in [-0.39, 0.29) is 0 Å². The zero-order valence-electron chi connectivity index (χ0n) is 7.29. The summed E-state index contributed by atoms with van der Waals surface area (Å²) in [7, 11) is 0. The lowest BCUT2D eigenvalue weighted by Gasteiger charge is -2.01. The van der Waals surface area contributed by atoms with Crippen molar-refractivity contribution in [2.45, 2.75) is 6.54 Å². The fraction of sp³-hybridized carbons (Fsp3) is 0.182. The summed E-state index contributed by atoms with van der Waals surface area (Å²) >= 11 is 0. The van der Waals surface area contributed by atoms with Gasteiger partial charge in [-0.1, -0.05) is 24.1 Å². The molecule has 0 fully saturated rings. The van der Waals surface area contributed by atoms with E-state index in [9.17, 15) is 4.79 Å². The Labute approximate surface area is 78.0 Å². The fourth-order valence-corrected chi connectivity index (χ4v) is 1.06. The maximum Gasteiger partial charge on any atom is 0.150 e. The second-order valence-corrected chi connectivity index (χ2v) is 2.67. The molecule has 0 bridgehead atoms. The van der Waals surface area contributed by atoms with Crippen molar-refractivity contribution in [2.75, 3.05) is 6.54 Å². The van der Waals surface area contributed by atoms with E-state index >= 15 is 0 Å². The maximum absolute atomic E-state index is 10.4. The van der Waals surface area contributed by atoms with Crippen LogP contribution in [0.25, 0.3) is 0 Å². The first-order chi connectivity index (χ1) is 6.36. The Bertz CT molecular complexity index is 325. The van der Waals surface area contributed by atoms with Crippen molar-refractivity contribution < 1.29 is 4.79 Å². The summed E-state index contributed by atoms with van der Waals surface area (Å²) in [6, 6.07) is 7.43. The minimum Gasteiger partial charge on any atom is -0.302 e. The van der Waals surface area contributed by atoms with Gasteiger partial charge in [0.1, 0.15) is 6.29 Å². The van der Waals surface area contributed by atoms with E-state index in [1.165, 1.54) is 0 Å². The lowest BCUT2D eigenvalue weighted by Crippen LogP contribution is -2.12. The number of terminal acetylenes is 1. The van der Waals surface area contributed by atoms with Crippen molar-refractivity contribution in [1.82, 2.24) is 5.32 Å². The van der Waals surface area contributed by atoms with Gasteiger partial charge in [-0.05, 0) is 11.6 Å². The number of hydrogen-bond acceptors (Lipinski definition) is 2. The van der Waals surface area contributed by atoms with E-state index in [0.29, 0.717) is 18.7 Å². The molecule has 0 atom stereocenters. The van der Waals surface area contributed by atoms with Crippen LogP contribution in [0.1, 0.15) is 15.9 Å². The fourth-order valence-electron chi connectivity index (χ4n) is 1.06. The van der Waals surface area contributed by atoms with E-state index in [0.717, 1.165) is 11.8 Å². The SMILES string of the molecule is C#CCNCc1cccc(C=O)c1. The van der Waals surface area contributed by atoms with Crippen molar-refractivity contribution in [3.63, 3.8) is 0 Å². The van der Waals surface area contributed by atoms with Crippen molar-refractivity contribution >= 4 is 6.29 Å². The Kier molecular flexibility index (Phi) is 3.74. The standard InChI is InChI=1S/C11H11NO/c1-2-6-12-8-10-4-3-5-11(7-10)9-13/h1,3-5,7,9,12H,6,8H2. The molecule has 13 heavy (non-hydrogen) atoms. The lowest BCUT2D eigenvalue weighted by molar-refractivity contribution is 0.112. The van der Waals surface area contributed by atoms with Gasteiger partial charge in [0.15, 0.2) is 0 Å². The van der Waals surface area contributed by atoms with Crippen molar-refractivity contribution in [3.05, 3.63) is 35.4 Å². The summed E-state index contributed by atoms with van der Waals surface area (Å²) in [6.07, 6.45) is 5.92. The minimum absolute atomic E-state index is 0.547. The molecule has 0 amide bonds. The third-order valence-corrected chi connectivity index (χ3v) is 1.64. The highest BCUT2D eigenvalue weighted by molar-refractivity contribution is 5.74. The molecule has 0 saturated heterocycles. The molecular weight excluding hydrogens is 162 g/mol. The number of nitrogens with one attached hydrogen (secondary N) is 1. The molecule has 0 spiro atoms. The lowest BCUT2D eigenvalue weighted by atomic mass is 10.1. The van der Waals surface area contributed by atoms with Crippen LogP contribution in [0.3, 0.4) is 0 Å². The molecule has 1 N–H and O–H groups in total. The summed E-state index contributed by atoms with van der Waals surface area (Å²) in [5.41, 5.74) is 1.76. The predicted molar refractivity (Wildman–Crippen MR) is 52.4 cm³/mol. The number of hydrogen-bond donors (Lipinski definition) is 1. The summed E-state index contributed by atoms with van der Waals surface area (Å²) in [5, 5.41) is 3.05. The van der Waals surface area contributed by atoms with Gasteiger partial charge in [0.25, 0.3) is 0 Å². The second kappa shape index (κ2) is 5.13. The van der Waals surface area contributed by atoms with Gasteiger partial charge < -0.3 is 5.32 Å². The summed E-state index contributed by atoms with van der Waals surface area (Å²) in [5.74, 6) is 2.49. The Morgan fingerprint density at radius 3 is 3.08 bits per heavy atom. The van der Waals surface area contributed by atoms with E-state index in [2.05, 4.69) is 11.2 Å². The normalized spacial score (nSPS) is 9.15. The molecule has 2 nitrogen and oxygen atoms in total. The van der Waals surface area contributed by atoms with Crippen molar-refractivity contribution in [3.8, 4) is 12.3 Å². The predicted octanol–water partition coefficient (Wildman–Crippen LogP) is 1.22. The van der Waals surface area contributed by atoms with Crippen LogP contribution in [0.15, 0.2) is 24.3 Å². The van der Waals surface area contributed by atoms with Gasteiger partial charge in [-0.3, -0.25) is 4.79 Å². The molecule has 0 heterocycles. The zero-order chi connectivity index (χ0) is 9.52. The van der Waals surface area contributed by atoms with Gasteiger partial charge in [0.2, 0.25) is 0 Å². The monoisotopic (exact) mass is 173 g/mol. The number of benzene rings is 1. The largest absolute Gasteiger partial charge is 0.302 e. The van der Waals surface area contributed by atoms with E-state index in [4.69, 9.17) is 6.42 Å². The average Bonchev–Trinajstić information content (AvgIpc) is 2.19. The molecule has 1 aromatic rings. The number of carbonyl (C=O) groups excluding carboxylic acids is 1. The minimum atomic E-state index is 0.547. The first-order valence-electron chi connectivity index (χ1n) is 4.05. The molecular formula is C11H11NO.